The van der Waals surface area contributed by atoms with E-state index in [1.807, 2.05) is 37.6 Å². The summed E-state index contributed by atoms with van der Waals surface area (Å²) in [5.74, 6) is 1.57. The number of benzene rings is 1. The summed E-state index contributed by atoms with van der Waals surface area (Å²) < 4.78 is 13.2. The van der Waals surface area contributed by atoms with Crippen molar-refractivity contribution in [3.63, 3.8) is 0 Å². The van der Waals surface area contributed by atoms with Gasteiger partial charge in [-0.1, -0.05) is 31.4 Å². The summed E-state index contributed by atoms with van der Waals surface area (Å²) in [6.07, 6.45) is 10.4. The van der Waals surface area contributed by atoms with Crippen LogP contribution in [0.1, 0.15) is 43.2 Å². The van der Waals surface area contributed by atoms with Gasteiger partial charge in [-0.25, -0.2) is 0 Å². The summed E-state index contributed by atoms with van der Waals surface area (Å²) >= 11 is 0. The first-order valence-corrected chi connectivity index (χ1v) is 10.2. The molecule has 0 radical (unpaired) electrons. The molecule has 1 unspecified atom stereocenters. The zero-order valence-electron chi connectivity index (χ0n) is 16.8. The molecule has 150 valence electrons. The zero-order chi connectivity index (χ0) is 19.5. The van der Waals surface area contributed by atoms with Gasteiger partial charge < -0.3 is 14.4 Å². The first-order valence-electron chi connectivity index (χ1n) is 10.2. The maximum Gasteiger partial charge on any atom is 0.230 e. The van der Waals surface area contributed by atoms with Crippen molar-refractivity contribution in [2.75, 3.05) is 13.7 Å². The Bertz CT molecular complexity index is 826. The lowest BCUT2D eigenvalue weighted by molar-refractivity contribution is -0.140. The number of hydrogen-bond acceptors (Lipinski definition) is 4. The second-order valence-corrected chi connectivity index (χ2v) is 7.94. The largest absolute Gasteiger partial charge is 0.493 e. The first-order chi connectivity index (χ1) is 13.7. The predicted octanol–water partition coefficient (Wildman–Crippen LogP) is 3.34. The third-order valence-corrected chi connectivity index (χ3v) is 5.93. The van der Waals surface area contributed by atoms with Gasteiger partial charge in [-0.3, -0.25) is 9.48 Å². The molecular formula is C22H29N3O3. The molecule has 1 aromatic carbocycles. The van der Waals surface area contributed by atoms with E-state index in [9.17, 15) is 4.79 Å². The van der Waals surface area contributed by atoms with Gasteiger partial charge in [0.25, 0.3) is 0 Å². The van der Waals surface area contributed by atoms with Gasteiger partial charge in [-0.05, 0) is 30.9 Å². The van der Waals surface area contributed by atoms with Gasteiger partial charge in [0.1, 0.15) is 6.61 Å². The fraction of sp³-hybridized carbons (Fsp3) is 0.545. The lowest BCUT2D eigenvalue weighted by Gasteiger charge is -2.37. The van der Waals surface area contributed by atoms with Crippen molar-refractivity contribution < 1.29 is 14.3 Å². The third kappa shape index (κ3) is 3.86. The van der Waals surface area contributed by atoms with Crippen molar-refractivity contribution >= 4 is 5.91 Å². The number of aryl methyl sites for hydroxylation is 1. The van der Waals surface area contributed by atoms with Crippen molar-refractivity contribution in [2.45, 2.75) is 51.1 Å². The van der Waals surface area contributed by atoms with E-state index in [4.69, 9.17) is 9.47 Å². The molecule has 1 fully saturated rings. The van der Waals surface area contributed by atoms with E-state index in [1.54, 1.807) is 11.8 Å². The Labute approximate surface area is 166 Å². The van der Waals surface area contributed by atoms with Crippen molar-refractivity contribution in [1.82, 2.24) is 14.7 Å². The number of amides is 1. The Kier molecular flexibility index (Phi) is 5.55. The molecule has 1 aliphatic heterocycles. The molecule has 1 aliphatic carbocycles. The van der Waals surface area contributed by atoms with Crippen LogP contribution in [-0.4, -0.2) is 40.3 Å². The molecule has 2 heterocycles. The van der Waals surface area contributed by atoms with E-state index in [2.05, 4.69) is 10.00 Å². The maximum atomic E-state index is 13.6. The molecule has 1 saturated carbocycles. The van der Waals surface area contributed by atoms with E-state index in [0.717, 1.165) is 35.5 Å². The number of para-hydroxylation sites is 1. The highest BCUT2D eigenvalue weighted by atomic mass is 16.5. The minimum Gasteiger partial charge on any atom is -0.493 e. The van der Waals surface area contributed by atoms with E-state index in [-0.39, 0.29) is 11.8 Å². The minimum absolute atomic E-state index is 0.154. The van der Waals surface area contributed by atoms with Crippen LogP contribution in [0.25, 0.3) is 0 Å². The van der Waals surface area contributed by atoms with Crippen LogP contribution >= 0.6 is 0 Å². The highest BCUT2D eigenvalue weighted by Gasteiger charge is 2.34. The smallest absolute Gasteiger partial charge is 0.230 e. The number of methoxy groups -OCH3 is 1. The van der Waals surface area contributed by atoms with Crippen molar-refractivity contribution in [3.05, 3.63) is 41.7 Å². The molecule has 4 rings (SSSR count). The summed E-state index contributed by atoms with van der Waals surface area (Å²) in [5, 5.41) is 4.28. The molecule has 6 heteroatoms. The van der Waals surface area contributed by atoms with E-state index < -0.39 is 0 Å². The van der Waals surface area contributed by atoms with E-state index in [0.29, 0.717) is 25.6 Å². The van der Waals surface area contributed by atoms with Crippen LogP contribution in [-0.2, 0) is 24.8 Å². The topological polar surface area (TPSA) is 56.6 Å². The highest BCUT2D eigenvalue weighted by Crippen LogP contribution is 2.37. The van der Waals surface area contributed by atoms with Gasteiger partial charge in [-0.15, -0.1) is 0 Å². The molecule has 0 bridgehead atoms. The molecule has 6 nitrogen and oxygen atoms in total. The average molecular weight is 383 g/mol. The van der Waals surface area contributed by atoms with Crippen LogP contribution in [0.2, 0.25) is 0 Å². The molecular weight excluding hydrogens is 354 g/mol. The molecule has 1 aromatic heterocycles. The Morgan fingerprint density at radius 2 is 2.14 bits per heavy atom. The fourth-order valence-corrected chi connectivity index (χ4v) is 4.48. The van der Waals surface area contributed by atoms with Gasteiger partial charge in [0, 0.05) is 31.4 Å². The second-order valence-electron chi connectivity index (χ2n) is 7.94. The van der Waals surface area contributed by atoms with Crippen LogP contribution in [0, 0.1) is 5.92 Å². The molecule has 0 spiro atoms. The fourth-order valence-electron chi connectivity index (χ4n) is 4.48. The Morgan fingerprint density at radius 1 is 1.32 bits per heavy atom. The number of nitrogens with zero attached hydrogens (tertiary/aromatic N) is 3. The van der Waals surface area contributed by atoms with Gasteiger partial charge in [0.05, 0.1) is 19.2 Å². The van der Waals surface area contributed by atoms with Crippen LogP contribution in [0.5, 0.6) is 11.5 Å². The number of rotatable bonds is 5. The molecule has 1 atom stereocenters. The van der Waals surface area contributed by atoms with Crippen LogP contribution < -0.4 is 9.47 Å². The standard InChI is InChI=1S/C22H29N3O3/c1-24-13-16(12-23-24)14-25(19-8-4-3-5-9-19)22(26)18-11-17-7-6-10-20(27-2)21(17)28-15-18/h6-7,10,12-13,18-19H,3-5,8-9,11,14-15H2,1-2H3. The van der Waals surface area contributed by atoms with Crippen LogP contribution in [0.3, 0.4) is 0 Å². The normalized spacial score (nSPS) is 19.6. The molecule has 28 heavy (non-hydrogen) atoms. The van der Waals surface area contributed by atoms with E-state index in [1.165, 1.54) is 19.3 Å². The molecule has 0 saturated heterocycles. The highest BCUT2D eigenvalue weighted by molar-refractivity contribution is 5.80. The first kappa shape index (κ1) is 18.8. The van der Waals surface area contributed by atoms with Gasteiger partial charge >= 0.3 is 0 Å². The summed E-state index contributed by atoms with van der Waals surface area (Å²) in [5.41, 5.74) is 2.13. The van der Waals surface area contributed by atoms with Crippen molar-refractivity contribution in [3.8, 4) is 11.5 Å². The summed E-state index contributed by atoms with van der Waals surface area (Å²) in [6.45, 7) is 1.03. The minimum atomic E-state index is -0.154. The molecule has 2 aliphatic rings. The monoisotopic (exact) mass is 383 g/mol. The van der Waals surface area contributed by atoms with Crippen molar-refractivity contribution in [1.29, 1.82) is 0 Å². The number of hydrogen-bond donors (Lipinski definition) is 0. The van der Waals surface area contributed by atoms with Crippen LogP contribution in [0.15, 0.2) is 30.6 Å². The summed E-state index contributed by atoms with van der Waals surface area (Å²) in [4.78, 5) is 15.7. The maximum absolute atomic E-state index is 13.6. The average Bonchev–Trinajstić information content (AvgIpc) is 3.16. The van der Waals surface area contributed by atoms with Gasteiger partial charge in [0.15, 0.2) is 11.5 Å². The molecule has 0 N–H and O–H groups in total. The Balaban J connectivity index is 1.54. The number of fused-ring (bicyclic) bond motifs is 1. The SMILES string of the molecule is COc1cccc2c1OCC(C(=O)N(Cc1cnn(C)c1)C1CCCCC1)C2. The second kappa shape index (κ2) is 8.25. The number of aromatic nitrogens is 2. The number of ether oxygens (including phenoxy) is 2. The molecule has 1 amide bonds. The number of carbonyl (C=O) groups excluding carboxylic acids is 1. The Morgan fingerprint density at radius 3 is 2.86 bits per heavy atom. The van der Waals surface area contributed by atoms with Crippen LogP contribution in [0.4, 0.5) is 0 Å². The zero-order valence-corrected chi connectivity index (χ0v) is 16.8. The Hall–Kier alpha value is -2.50. The quantitative estimate of drug-likeness (QED) is 0.795. The molecule has 2 aromatic rings. The van der Waals surface area contributed by atoms with E-state index >= 15 is 0 Å². The summed E-state index contributed by atoms with van der Waals surface area (Å²) in [7, 11) is 3.56. The number of carbonyl (C=O) groups is 1. The van der Waals surface area contributed by atoms with Gasteiger partial charge in [0.2, 0.25) is 5.91 Å². The van der Waals surface area contributed by atoms with Crippen molar-refractivity contribution in [2.24, 2.45) is 13.0 Å². The predicted molar refractivity (Wildman–Crippen MR) is 106 cm³/mol. The lowest BCUT2D eigenvalue weighted by atomic mass is 9.90. The third-order valence-electron chi connectivity index (χ3n) is 5.93. The summed E-state index contributed by atoms with van der Waals surface area (Å²) in [6, 6.07) is 6.21. The van der Waals surface area contributed by atoms with Gasteiger partial charge in [-0.2, -0.15) is 5.10 Å². The lowest BCUT2D eigenvalue weighted by Crippen LogP contribution is -2.46.